The molecule has 1 aromatic heterocycles. The minimum atomic E-state index is -0.0283. The Morgan fingerprint density at radius 2 is 2.21 bits per heavy atom. The molecule has 2 atom stereocenters. The largest absolute Gasteiger partial charge is 0.352 e. The van der Waals surface area contributed by atoms with Gasteiger partial charge in [-0.1, -0.05) is 19.3 Å². The smallest absolute Gasteiger partial charge is 0.224 e. The topological polar surface area (TPSA) is 72.9 Å². The van der Waals surface area contributed by atoms with Crippen molar-refractivity contribution in [2.45, 2.75) is 51.6 Å². The highest BCUT2D eigenvalue weighted by Crippen LogP contribution is 2.22. The molecule has 0 aliphatic heterocycles. The van der Waals surface area contributed by atoms with Crippen molar-refractivity contribution < 1.29 is 4.79 Å². The van der Waals surface area contributed by atoms with Crippen LogP contribution in [0.15, 0.2) is 6.20 Å². The Morgan fingerprint density at radius 3 is 2.89 bits per heavy atom. The van der Waals surface area contributed by atoms with Crippen LogP contribution in [0.5, 0.6) is 0 Å². The third kappa shape index (κ3) is 3.56. The molecule has 1 fully saturated rings. The normalized spacial score (nSPS) is 23.9. The number of rotatable bonds is 3. The maximum absolute atomic E-state index is 12.2. The number of hydrogen-bond donors (Lipinski definition) is 2. The van der Waals surface area contributed by atoms with Gasteiger partial charge in [-0.2, -0.15) is 5.10 Å². The molecule has 1 aliphatic carbocycles. The number of aryl methyl sites for hydroxylation is 2. The van der Waals surface area contributed by atoms with Crippen molar-refractivity contribution in [3.05, 3.63) is 17.5 Å². The molecular formula is C14H24N4O. The number of hydrogen-bond acceptors (Lipinski definition) is 3. The average molecular weight is 264 g/mol. The third-order valence-electron chi connectivity index (χ3n) is 3.97. The van der Waals surface area contributed by atoms with Crippen molar-refractivity contribution in [2.75, 3.05) is 0 Å². The Hall–Kier alpha value is -1.36. The van der Waals surface area contributed by atoms with Crippen molar-refractivity contribution in [3.63, 3.8) is 0 Å². The van der Waals surface area contributed by atoms with E-state index in [0.29, 0.717) is 6.54 Å². The van der Waals surface area contributed by atoms with Gasteiger partial charge in [0.25, 0.3) is 0 Å². The predicted molar refractivity (Wildman–Crippen MR) is 74.3 cm³/mol. The van der Waals surface area contributed by atoms with Crippen LogP contribution in [0, 0.1) is 12.8 Å². The molecule has 2 rings (SSSR count). The van der Waals surface area contributed by atoms with Crippen LogP contribution in [-0.2, 0) is 18.4 Å². The lowest BCUT2D eigenvalue weighted by molar-refractivity contribution is -0.126. The summed E-state index contributed by atoms with van der Waals surface area (Å²) in [5.74, 6) is 0.0668. The molecule has 5 nitrogen and oxygen atoms in total. The second-order valence-corrected chi connectivity index (χ2v) is 5.54. The number of carbonyl (C=O) groups is 1. The van der Waals surface area contributed by atoms with Crippen LogP contribution in [0.3, 0.4) is 0 Å². The van der Waals surface area contributed by atoms with E-state index in [9.17, 15) is 4.79 Å². The highest BCUT2D eigenvalue weighted by atomic mass is 16.1. The lowest BCUT2D eigenvalue weighted by Crippen LogP contribution is -2.41. The van der Waals surface area contributed by atoms with Gasteiger partial charge in [-0.3, -0.25) is 9.48 Å². The molecule has 0 radical (unpaired) electrons. The molecule has 1 aromatic rings. The van der Waals surface area contributed by atoms with Crippen LogP contribution < -0.4 is 11.1 Å². The number of nitrogens with one attached hydrogen (secondary N) is 1. The van der Waals surface area contributed by atoms with Gasteiger partial charge in [-0.15, -0.1) is 0 Å². The van der Waals surface area contributed by atoms with Crippen molar-refractivity contribution in [1.29, 1.82) is 0 Å². The van der Waals surface area contributed by atoms with E-state index in [4.69, 9.17) is 5.73 Å². The molecule has 0 aromatic carbocycles. The van der Waals surface area contributed by atoms with Crippen LogP contribution in [0.1, 0.15) is 43.4 Å². The van der Waals surface area contributed by atoms with Crippen molar-refractivity contribution in [3.8, 4) is 0 Å². The number of nitrogens with two attached hydrogens (primary N) is 1. The SMILES string of the molecule is Cc1nn(C)cc1CNC(=O)C1CCCCCC1N. The monoisotopic (exact) mass is 264 g/mol. The zero-order chi connectivity index (χ0) is 13.8. The highest BCUT2D eigenvalue weighted by Gasteiger charge is 2.26. The quantitative estimate of drug-likeness (QED) is 0.807. The van der Waals surface area contributed by atoms with E-state index in [0.717, 1.165) is 36.9 Å². The first-order chi connectivity index (χ1) is 9.08. The van der Waals surface area contributed by atoms with Crippen molar-refractivity contribution in [2.24, 2.45) is 18.7 Å². The van der Waals surface area contributed by atoms with Gasteiger partial charge in [0.1, 0.15) is 0 Å². The number of aromatic nitrogens is 2. The minimum Gasteiger partial charge on any atom is -0.352 e. The summed E-state index contributed by atoms with van der Waals surface area (Å²) < 4.78 is 1.77. The fraction of sp³-hybridized carbons (Fsp3) is 0.714. The summed E-state index contributed by atoms with van der Waals surface area (Å²) in [4.78, 5) is 12.2. The van der Waals surface area contributed by atoms with E-state index in [2.05, 4.69) is 10.4 Å². The van der Waals surface area contributed by atoms with E-state index in [1.165, 1.54) is 6.42 Å². The number of nitrogens with zero attached hydrogens (tertiary/aromatic N) is 2. The first-order valence-electron chi connectivity index (χ1n) is 7.10. The summed E-state index contributed by atoms with van der Waals surface area (Å²) in [5.41, 5.74) is 8.14. The zero-order valence-corrected chi connectivity index (χ0v) is 11.9. The molecule has 106 valence electrons. The van der Waals surface area contributed by atoms with E-state index in [1.54, 1.807) is 4.68 Å². The van der Waals surface area contributed by atoms with Gasteiger partial charge in [0, 0.05) is 31.4 Å². The average Bonchev–Trinajstić information content (AvgIpc) is 2.56. The maximum Gasteiger partial charge on any atom is 0.224 e. The lowest BCUT2D eigenvalue weighted by atomic mass is 9.94. The molecular weight excluding hydrogens is 240 g/mol. The maximum atomic E-state index is 12.2. The Balaban J connectivity index is 1.91. The second-order valence-electron chi connectivity index (χ2n) is 5.54. The van der Waals surface area contributed by atoms with Gasteiger partial charge in [0.15, 0.2) is 0 Å². The molecule has 0 saturated heterocycles. The number of carbonyl (C=O) groups excluding carboxylic acids is 1. The van der Waals surface area contributed by atoms with Crippen LogP contribution in [0.4, 0.5) is 0 Å². The molecule has 19 heavy (non-hydrogen) atoms. The van der Waals surface area contributed by atoms with Gasteiger partial charge in [0.2, 0.25) is 5.91 Å². The molecule has 3 N–H and O–H groups in total. The van der Waals surface area contributed by atoms with Crippen LogP contribution in [0.25, 0.3) is 0 Å². The van der Waals surface area contributed by atoms with Gasteiger partial charge >= 0.3 is 0 Å². The van der Waals surface area contributed by atoms with Gasteiger partial charge < -0.3 is 11.1 Å². The highest BCUT2D eigenvalue weighted by molar-refractivity contribution is 5.79. The summed E-state index contributed by atoms with van der Waals surface area (Å²) in [6, 6.07) is 0.0116. The summed E-state index contributed by atoms with van der Waals surface area (Å²) in [7, 11) is 1.89. The van der Waals surface area contributed by atoms with Crippen molar-refractivity contribution >= 4 is 5.91 Å². The summed E-state index contributed by atoms with van der Waals surface area (Å²) in [5, 5.41) is 7.28. The van der Waals surface area contributed by atoms with E-state index in [-0.39, 0.29) is 17.9 Å². The Kier molecular flexibility index (Phi) is 4.58. The molecule has 0 spiro atoms. The molecule has 0 bridgehead atoms. The zero-order valence-electron chi connectivity index (χ0n) is 11.9. The van der Waals surface area contributed by atoms with E-state index < -0.39 is 0 Å². The molecule has 5 heteroatoms. The fourth-order valence-electron chi connectivity index (χ4n) is 2.80. The van der Waals surface area contributed by atoms with Gasteiger partial charge in [-0.05, 0) is 19.8 Å². The molecule has 2 unspecified atom stereocenters. The van der Waals surface area contributed by atoms with E-state index >= 15 is 0 Å². The minimum absolute atomic E-state index is 0.0116. The summed E-state index contributed by atoms with van der Waals surface area (Å²) in [6.07, 6.45) is 7.27. The Bertz CT molecular complexity index is 441. The Morgan fingerprint density at radius 1 is 1.47 bits per heavy atom. The standard InChI is InChI=1S/C14H24N4O/c1-10-11(9-18(2)17-10)8-16-14(19)12-6-4-3-5-7-13(12)15/h9,12-13H,3-8,15H2,1-2H3,(H,16,19). The lowest BCUT2D eigenvalue weighted by Gasteiger charge is -2.20. The van der Waals surface area contributed by atoms with Crippen LogP contribution in [0.2, 0.25) is 0 Å². The predicted octanol–water partition coefficient (Wildman–Crippen LogP) is 1.25. The fourth-order valence-corrected chi connectivity index (χ4v) is 2.80. The summed E-state index contributed by atoms with van der Waals surface area (Å²) >= 11 is 0. The van der Waals surface area contributed by atoms with Crippen molar-refractivity contribution in [1.82, 2.24) is 15.1 Å². The molecule has 1 heterocycles. The van der Waals surface area contributed by atoms with Gasteiger partial charge in [0.05, 0.1) is 11.6 Å². The van der Waals surface area contributed by atoms with Crippen LogP contribution in [-0.4, -0.2) is 21.7 Å². The molecule has 1 amide bonds. The van der Waals surface area contributed by atoms with Crippen LogP contribution >= 0.6 is 0 Å². The van der Waals surface area contributed by atoms with E-state index in [1.807, 2.05) is 20.2 Å². The van der Waals surface area contributed by atoms with Gasteiger partial charge in [-0.25, -0.2) is 0 Å². The molecule has 1 aliphatic rings. The first kappa shape index (κ1) is 14.1. The second kappa shape index (κ2) is 6.19. The first-order valence-corrected chi connectivity index (χ1v) is 7.10. The summed E-state index contributed by atoms with van der Waals surface area (Å²) in [6.45, 7) is 2.50. The Labute approximate surface area is 114 Å². The molecule has 1 saturated carbocycles. The number of amides is 1. The third-order valence-corrected chi connectivity index (χ3v) is 3.97.